The molecule has 0 spiro atoms. The van der Waals surface area contributed by atoms with Gasteiger partial charge >= 0.3 is 6.18 Å². The SMILES string of the molecule is O=Cc1ccc(Nc2nccn3c(-c4cn(CC(F)F)nc4C(F)(F)F)cnc23)cc1F. The van der Waals surface area contributed by atoms with Gasteiger partial charge in [-0.3, -0.25) is 13.9 Å². The molecule has 3 aromatic heterocycles. The number of rotatable bonds is 6. The van der Waals surface area contributed by atoms with Crippen molar-refractivity contribution >= 4 is 23.4 Å². The molecule has 7 nitrogen and oxygen atoms in total. The largest absolute Gasteiger partial charge is 0.435 e. The number of aldehydes is 1. The molecule has 0 bridgehead atoms. The summed E-state index contributed by atoms with van der Waals surface area (Å²) in [4.78, 5) is 18.9. The van der Waals surface area contributed by atoms with Crippen LogP contribution in [0, 0.1) is 5.82 Å². The van der Waals surface area contributed by atoms with Crippen LogP contribution >= 0.6 is 0 Å². The average Bonchev–Trinajstić information content (AvgIpc) is 3.32. The van der Waals surface area contributed by atoms with E-state index in [9.17, 15) is 31.1 Å². The molecule has 0 aliphatic heterocycles. The third-order valence-electron chi connectivity index (χ3n) is 4.45. The summed E-state index contributed by atoms with van der Waals surface area (Å²) in [6, 6.07) is 3.71. The molecule has 0 aliphatic carbocycles. The summed E-state index contributed by atoms with van der Waals surface area (Å²) in [7, 11) is 0. The number of nitrogens with one attached hydrogen (secondary N) is 1. The average molecular weight is 454 g/mol. The van der Waals surface area contributed by atoms with Gasteiger partial charge in [-0.2, -0.15) is 18.3 Å². The van der Waals surface area contributed by atoms with Crippen LogP contribution in [0.15, 0.2) is 43.0 Å². The van der Waals surface area contributed by atoms with Crippen molar-refractivity contribution in [3.05, 3.63) is 60.1 Å². The molecule has 3 heterocycles. The van der Waals surface area contributed by atoms with E-state index in [1.807, 2.05) is 0 Å². The smallest absolute Gasteiger partial charge is 0.337 e. The number of carbonyl (C=O) groups is 1. The maximum atomic E-state index is 13.9. The summed E-state index contributed by atoms with van der Waals surface area (Å²) in [5.74, 6) is -0.687. The second-order valence-corrected chi connectivity index (χ2v) is 6.59. The first kappa shape index (κ1) is 21.3. The predicted molar refractivity (Wildman–Crippen MR) is 100 cm³/mol. The van der Waals surface area contributed by atoms with Crippen molar-refractivity contribution in [1.82, 2.24) is 24.1 Å². The number of imidazole rings is 1. The molecule has 13 heteroatoms. The molecule has 0 unspecified atom stereocenters. The van der Waals surface area contributed by atoms with E-state index in [0.29, 0.717) is 11.0 Å². The standard InChI is InChI=1S/C19H12F6N6O/c20-13-5-11(2-1-10(13)9-32)28-17-18-27-6-14(31(18)4-3-26-17)12-7-30(8-15(21)22)29-16(12)19(23,24)25/h1-7,9,15H,8H2,(H,26,28). The van der Waals surface area contributed by atoms with Crippen LogP contribution in [0.3, 0.4) is 0 Å². The first-order chi connectivity index (χ1) is 15.2. The van der Waals surface area contributed by atoms with E-state index < -0.39 is 36.2 Å². The van der Waals surface area contributed by atoms with Gasteiger partial charge in [0.15, 0.2) is 23.4 Å². The number of benzene rings is 1. The molecular weight excluding hydrogens is 442 g/mol. The van der Waals surface area contributed by atoms with Crippen molar-refractivity contribution < 1.29 is 31.1 Å². The maximum absolute atomic E-state index is 13.9. The van der Waals surface area contributed by atoms with Gasteiger partial charge in [-0.15, -0.1) is 0 Å². The van der Waals surface area contributed by atoms with Crippen molar-refractivity contribution in [1.29, 1.82) is 0 Å². The Labute approximate surface area is 175 Å². The molecular formula is C19H12F6N6O. The highest BCUT2D eigenvalue weighted by molar-refractivity contribution is 5.78. The predicted octanol–water partition coefficient (Wildman–Crippen LogP) is 4.57. The molecule has 0 saturated carbocycles. The number of hydrogen-bond donors (Lipinski definition) is 1. The summed E-state index contributed by atoms with van der Waals surface area (Å²) >= 11 is 0. The minimum Gasteiger partial charge on any atom is -0.337 e. The number of hydrogen-bond acceptors (Lipinski definition) is 5. The second-order valence-electron chi connectivity index (χ2n) is 6.59. The van der Waals surface area contributed by atoms with Crippen molar-refractivity contribution in [2.75, 3.05) is 5.32 Å². The molecule has 32 heavy (non-hydrogen) atoms. The fraction of sp³-hybridized carbons (Fsp3) is 0.158. The molecule has 1 N–H and O–H groups in total. The highest BCUT2D eigenvalue weighted by Gasteiger charge is 2.38. The van der Waals surface area contributed by atoms with Gasteiger partial charge in [-0.25, -0.2) is 23.1 Å². The van der Waals surface area contributed by atoms with Crippen molar-refractivity contribution in [2.45, 2.75) is 19.1 Å². The van der Waals surface area contributed by atoms with Crippen LogP contribution in [0.4, 0.5) is 37.8 Å². The van der Waals surface area contributed by atoms with Crippen LogP contribution in [-0.4, -0.2) is 36.9 Å². The third kappa shape index (κ3) is 4.00. The maximum Gasteiger partial charge on any atom is 0.435 e. The zero-order valence-corrected chi connectivity index (χ0v) is 15.8. The van der Waals surface area contributed by atoms with Gasteiger partial charge in [-0.1, -0.05) is 0 Å². The van der Waals surface area contributed by atoms with Gasteiger partial charge in [0.1, 0.15) is 12.4 Å². The number of fused-ring (bicyclic) bond motifs is 1. The van der Waals surface area contributed by atoms with Crippen LogP contribution in [0.1, 0.15) is 16.1 Å². The zero-order valence-electron chi connectivity index (χ0n) is 15.8. The highest BCUT2D eigenvalue weighted by Crippen LogP contribution is 2.37. The Morgan fingerprint density at radius 2 is 1.97 bits per heavy atom. The van der Waals surface area contributed by atoms with Crippen molar-refractivity contribution in [3.8, 4) is 11.3 Å². The molecule has 0 atom stereocenters. The Morgan fingerprint density at radius 1 is 1.19 bits per heavy atom. The van der Waals surface area contributed by atoms with Gasteiger partial charge in [0, 0.05) is 24.3 Å². The van der Waals surface area contributed by atoms with Crippen LogP contribution < -0.4 is 5.32 Å². The number of halogens is 6. The molecule has 0 saturated heterocycles. The van der Waals surface area contributed by atoms with E-state index in [4.69, 9.17) is 0 Å². The Kier molecular flexibility index (Phi) is 5.32. The molecule has 4 aromatic rings. The minimum atomic E-state index is -4.89. The monoisotopic (exact) mass is 454 g/mol. The molecule has 0 fully saturated rings. The fourth-order valence-electron chi connectivity index (χ4n) is 3.10. The van der Waals surface area contributed by atoms with E-state index in [1.54, 1.807) is 0 Å². The van der Waals surface area contributed by atoms with Gasteiger partial charge in [0.05, 0.1) is 23.0 Å². The van der Waals surface area contributed by atoms with Gasteiger partial charge < -0.3 is 5.32 Å². The van der Waals surface area contributed by atoms with Crippen LogP contribution in [0.2, 0.25) is 0 Å². The molecule has 0 aliphatic rings. The lowest BCUT2D eigenvalue weighted by Crippen LogP contribution is -2.11. The number of anilines is 2. The van der Waals surface area contributed by atoms with Crippen molar-refractivity contribution in [3.63, 3.8) is 0 Å². The Bertz CT molecular complexity index is 1300. The lowest BCUT2D eigenvalue weighted by molar-refractivity contribution is -0.141. The van der Waals surface area contributed by atoms with Crippen LogP contribution in [0.25, 0.3) is 16.9 Å². The molecule has 166 valence electrons. The Hall–Kier alpha value is -3.90. The zero-order chi connectivity index (χ0) is 23.0. The van der Waals surface area contributed by atoms with E-state index in [-0.39, 0.29) is 28.4 Å². The molecule has 0 amide bonds. The van der Waals surface area contributed by atoms with Gasteiger partial charge in [0.25, 0.3) is 6.43 Å². The number of alkyl halides is 5. The Balaban J connectivity index is 1.78. The van der Waals surface area contributed by atoms with E-state index in [0.717, 1.165) is 18.5 Å². The van der Waals surface area contributed by atoms with E-state index in [2.05, 4.69) is 20.4 Å². The van der Waals surface area contributed by atoms with Gasteiger partial charge in [0.2, 0.25) is 0 Å². The summed E-state index contributed by atoms with van der Waals surface area (Å²) in [5.41, 5.74) is -1.66. The summed E-state index contributed by atoms with van der Waals surface area (Å²) in [6.45, 7) is -1.00. The number of nitrogens with zero attached hydrogens (tertiary/aromatic N) is 5. The first-order valence-electron chi connectivity index (χ1n) is 8.94. The van der Waals surface area contributed by atoms with Crippen LogP contribution in [-0.2, 0) is 12.7 Å². The molecule has 4 rings (SSSR count). The van der Waals surface area contributed by atoms with E-state index >= 15 is 0 Å². The van der Waals surface area contributed by atoms with Crippen molar-refractivity contribution in [2.24, 2.45) is 0 Å². The number of aromatic nitrogens is 5. The fourth-order valence-corrected chi connectivity index (χ4v) is 3.10. The lowest BCUT2D eigenvalue weighted by atomic mass is 10.2. The van der Waals surface area contributed by atoms with Gasteiger partial charge in [-0.05, 0) is 18.2 Å². The summed E-state index contributed by atoms with van der Waals surface area (Å²) in [5, 5.41) is 6.06. The molecule has 0 radical (unpaired) electrons. The third-order valence-corrected chi connectivity index (χ3v) is 4.45. The molecule has 1 aromatic carbocycles. The lowest BCUT2D eigenvalue weighted by Gasteiger charge is -2.09. The first-order valence-corrected chi connectivity index (χ1v) is 8.94. The highest BCUT2D eigenvalue weighted by atomic mass is 19.4. The van der Waals surface area contributed by atoms with E-state index in [1.165, 1.54) is 28.9 Å². The summed E-state index contributed by atoms with van der Waals surface area (Å²) in [6.07, 6.45) is -2.82. The van der Waals surface area contributed by atoms with Crippen LogP contribution in [0.5, 0.6) is 0 Å². The minimum absolute atomic E-state index is 0.0548. The summed E-state index contributed by atoms with van der Waals surface area (Å²) < 4.78 is 81.4. The number of carbonyl (C=O) groups excluding carboxylic acids is 1. The topological polar surface area (TPSA) is 77.1 Å². The Morgan fingerprint density at radius 3 is 2.62 bits per heavy atom. The quantitative estimate of drug-likeness (QED) is 0.341. The second kappa shape index (κ2) is 7.98. The normalized spacial score (nSPS) is 12.0.